The van der Waals surface area contributed by atoms with Gasteiger partial charge in [-0.05, 0) is 193 Å². The summed E-state index contributed by atoms with van der Waals surface area (Å²) in [5.41, 5.74) is 17.3. The van der Waals surface area contributed by atoms with E-state index in [2.05, 4.69) is 109 Å². The zero-order chi connectivity index (χ0) is 82.3. The van der Waals surface area contributed by atoms with Crippen LogP contribution < -0.4 is 27.1 Å². The number of nitrogens with zero attached hydrogens (tertiary/aromatic N) is 25. The van der Waals surface area contributed by atoms with E-state index in [0.29, 0.717) is 68.8 Å². The van der Waals surface area contributed by atoms with Gasteiger partial charge in [0.25, 0.3) is 22.2 Å². The van der Waals surface area contributed by atoms with E-state index < -0.39 is 0 Å². The second-order valence-electron chi connectivity index (χ2n) is 32.5. The molecule has 20 rings (SSSR count). The summed E-state index contributed by atoms with van der Waals surface area (Å²) in [4.78, 5) is 100. The van der Waals surface area contributed by atoms with E-state index in [9.17, 15) is 19.2 Å². The third kappa shape index (κ3) is 17.3. The Morgan fingerprint density at radius 1 is 0.420 bits per heavy atom. The van der Waals surface area contributed by atoms with Crippen molar-refractivity contribution in [2.45, 2.75) is 89.9 Å². The van der Waals surface area contributed by atoms with E-state index in [-0.39, 0.29) is 28.8 Å². The molecule has 0 bridgehead atoms. The monoisotopic (exact) mass is 1600 g/mol. The van der Waals surface area contributed by atoms with Gasteiger partial charge in [0.2, 0.25) is 0 Å². The molecule has 30 heteroatoms. The van der Waals surface area contributed by atoms with E-state index in [1.54, 1.807) is 79.0 Å². The number of rotatable bonds is 13. The molecular weight excluding hydrogens is 1500 g/mol. The Kier molecular flexibility index (Phi) is 22.5. The van der Waals surface area contributed by atoms with Crippen LogP contribution in [0, 0.1) is 19.8 Å². The first-order valence-corrected chi connectivity index (χ1v) is 41.2. The van der Waals surface area contributed by atoms with Gasteiger partial charge in [-0.15, -0.1) is 0 Å². The topological polar surface area (TPSA) is 296 Å². The van der Waals surface area contributed by atoms with Gasteiger partial charge in [0.05, 0.1) is 110 Å². The molecule has 4 aliphatic heterocycles. The average Bonchev–Trinajstić information content (AvgIpc) is 1.76. The minimum absolute atomic E-state index is 0.0778. The number of aliphatic hydroxyl groups excluding tert-OH is 1. The summed E-state index contributed by atoms with van der Waals surface area (Å²) >= 11 is 0. The fourth-order valence-corrected chi connectivity index (χ4v) is 17.2. The van der Waals surface area contributed by atoms with E-state index >= 15 is 0 Å². The Balaban J connectivity index is 0.000000114. The lowest BCUT2D eigenvalue weighted by Crippen LogP contribution is -2.37. The quantitative estimate of drug-likeness (QED) is 0.112. The van der Waals surface area contributed by atoms with Crippen LogP contribution in [0.1, 0.15) is 105 Å². The molecule has 0 atom stereocenters. The van der Waals surface area contributed by atoms with Crippen molar-refractivity contribution in [3.05, 3.63) is 235 Å². The summed E-state index contributed by atoms with van der Waals surface area (Å²) < 4.78 is 13.6. The van der Waals surface area contributed by atoms with Crippen molar-refractivity contribution in [2.24, 2.45) is 27.1 Å². The van der Waals surface area contributed by atoms with E-state index in [4.69, 9.17) is 15.1 Å². The van der Waals surface area contributed by atoms with Crippen molar-refractivity contribution >= 4 is 66.5 Å². The highest BCUT2D eigenvalue weighted by Gasteiger charge is 2.27. The van der Waals surface area contributed by atoms with Gasteiger partial charge in [-0.1, -0.05) is 25.1 Å². The molecule has 119 heavy (non-hydrogen) atoms. The number of benzene rings is 3. The highest BCUT2D eigenvalue weighted by Crippen LogP contribution is 2.33. The first-order valence-electron chi connectivity index (χ1n) is 41.2. The van der Waals surface area contributed by atoms with Crippen LogP contribution in [-0.4, -0.2) is 221 Å². The molecule has 4 aliphatic rings. The van der Waals surface area contributed by atoms with Crippen molar-refractivity contribution in [3.63, 3.8) is 0 Å². The highest BCUT2D eigenvalue weighted by molar-refractivity contribution is 5.86. The molecule has 17 heterocycles. The lowest BCUT2D eigenvalue weighted by Gasteiger charge is -2.34. The zero-order valence-electron chi connectivity index (χ0n) is 68.8. The summed E-state index contributed by atoms with van der Waals surface area (Å²) in [6.45, 7) is 17.4. The Labute approximate surface area is 686 Å². The molecule has 30 nitrogen and oxygen atoms in total. The Morgan fingerprint density at radius 2 is 0.840 bits per heavy atom. The molecule has 0 unspecified atom stereocenters. The molecule has 3 aromatic carbocycles. The van der Waals surface area contributed by atoms with Crippen LogP contribution in [0.2, 0.25) is 0 Å². The summed E-state index contributed by atoms with van der Waals surface area (Å²) in [7, 11) is 12.1. The Hall–Kier alpha value is -12.5. The number of aromatic nitrogens is 20. The first kappa shape index (κ1) is 79.0. The predicted molar refractivity (Wildman–Crippen MR) is 462 cm³/mol. The van der Waals surface area contributed by atoms with Gasteiger partial charge in [-0.25, -0.2) is 24.5 Å². The smallest absolute Gasteiger partial charge is 0.258 e. The third-order valence-corrected chi connectivity index (χ3v) is 23.7. The number of aryl methyl sites for hydroxylation is 5. The zero-order valence-corrected chi connectivity index (χ0v) is 68.8. The number of piperidine rings is 4. The van der Waals surface area contributed by atoms with Crippen molar-refractivity contribution in [2.75, 3.05) is 105 Å². The fourth-order valence-electron chi connectivity index (χ4n) is 17.2. The molecule has 0 amide bonds. The second-order valence-corrected chi connectivity index (χ2v) is 32.5. The summed E-state index contributed by atoms with van der Waals surface area (Å²) in [5, 5.41) is 30.0. The standard InChI is InChI=1S/C24H29N7O.C22H24N6O2.C22H24N6O.C21H22N6O/c1-16-13-31-22(17(2)25-16)11-21(27-31)20-12-24(32)30-15-19(5-6-23(30)26-20)29-9-7-18(8-10-29)14-28(3)4;1-26-13-17-10-16(2-3-18(17)25-26)19-11-22(30)28-14-20(23-12-21(28)24-19)15-4-6-27(7-5-15)8-9-29;1-3-27-8-6-15(7-9-27)20-14-28-21(12-23-20)24-19(11-22(28)29)16-4-5-18-17(10-16)13-26(2)25-18;1-25-7-5-14(6-8-25)19-13-27-20(11-22-19)23-18(10-21(27)28)15-3-4-17-16(9-15)12-26(2)24-17/h5-6,11-13,15,18H,7-10,14H2,1-4H3;2-3,10-15,29H,4-9H2,1H3;4-5,10-15H,3,6-9H2,1-2H3;3-4,9-14H,5-8H2,1-2H3. The molecule has 4 saturated heterocycles. The molecule has 0 spiro atoms. The van der Waals surface area contributed by atoms with Crippen molar-refractivity contribution < 1.29 is 5.11 Å². The van der Waals surface area contributed by atoms with Crippen LogP contribution in [0.5, 0.6) is 0 Å². The Bertz CT molecular complexity index is 6700. The fraction of sp³-hybridized carbons (Fsp3) is 0.371. The molecular formula is C89H99N25O5. The summed E-state index contributed by atoms with van der Waals surface area (Å²) in [6.07, 6.45) is 29.0. The normalized spacial score (nSPS) is 15.9. The van der Waals surface area contributed by atoms with Gasteiger partial charge in [0, 0.05) is 166 Å². The number of likely N-dealkylation sites (tertiary alicyclic amines) is 3. The maximum Gasteiger partial charge on any atom is 0.258 e. The molecule has 1 N–H and O–H groups in total. The maximum atomic E-state index is 13.0. The van der Waals surface area contributed by atoms with Crippen LogP contribution in [0.3, 0.4) is 0 Å². The van der Waals surface area contributed by atoms with Gasteiger partial charge in [0.1, 0.15) is 11.3 Å². The number of fused-ring (bicyclic) bond motifs is 8. The third-order valence-electron chi connectivity index (χ3n) is 23.7. The summed E-state index contributed by atoms with van der Waals surface area (Å²) in [5.74, 6) is 1.87. The summed E-state index contributed by atoms with van der Waals surface area (Å²) in [6, 6.07) is 30.0. The van der Waals surface area contributed by atoms with Gasteiger partial charge in [0.15, 0.2) is 16.9 Å². The van der Waals surface area contributed by atoms with Crippen LogP contribution >= 0.6 is 0 Å². The van der Waals surface area contributed by atoms with E-state index in [0.717, 1.165) is 206 Å². The second kappa shape index (κ2) is 33.9. The van der Waals surface area contributed by atoms with Crippen LogP contribution in [0.15, 0.2) is 184 Å². The van der Waals surface area contributed by atoms with Crippen LogP contribution in [0.4, 0.5) is 5.69 Å². The lowest BCUT2D eigenvalue weighted by molar-refractivity contribution is 0.163. The maximum absolute atomic E-state index is 13.0. The molecule has 0 saturated carbocycles. The number of aliphatic hydroxyl groups is 1. The largest absolute Gasteiger partial charge is 0.395 e. The SMILES string of the molecule is CCN1CCC(c2cn3c(=O)cc(-c4ccc5nn(C)cc5c4)nc3cn2)CC1.CN1CCC(c2cn3c(=O)cc(-c4ccc5nn(C)cc5c4)nc3cn2)CC1.Cc1cn2nc(-c3cc(=O)n4cc(N5CCC(CN(C)C)CC5)ccc4n3)cc2c(C)n1.Cn1cc2cc(-c3cc(=O)n4cc(C5CCN(CCO)CC5)ncc4n3)ccc2n1. The number of hydrogen-bond donors (Lipinski definition) is 1. The minimum atomic E-state index is -0.109. The average molecular weight is 1600 g/mol. The number of hydrogen-bond acceptors (Lipinski definition) is 22. The van der Waals surface area contributed by atoms with Crippen molar-refractivity contribution in [1.82, 2.24) is 116 Å². The van der Waals surface area contributed by atoms with Gasteiger partial charge >= 0.3 is 0 Å². The number of β-amino-alcohol motifs (C(OH)–C–C–N with tert-alkyl or cyclic N) is 1. The van der Waals surface area contributed by atoms with Gasteiger partial charge in [-0.3, -0.25) is 70.8 Å². The Morgan fingerprint density at radius 3 is 1.28 bits per heavy atom. The molecule has 610 valence electrons. The van der Waals surface area contributed by atoms with Gasteiger partial charge < -0.3 is 29.6 Å². The molecule has 13 aromatic heterocycles. The van der Waals surface area contributed by atoms with Crippen molar-refractivity contribution in [3.8, 4) is 45.2 Å². The van der Waals surface area contributed by atoms with E-state index in [1.165, 1.54) is 12.8 Å². The number of pyridine rings is 1. The predicted octanol–water partition coefficient (Wildman–Crippen LogP) is 9.91. The minimum Gasteiger partial charge on any atom is -0.395 e. The van der Waals surface area contributed by atoms with Crippen molar-refractivity contribution in [1.29, 1.82) is 0 Å². The lowest BCUT2D eigenvalue weighted by atomic mass is 9.94. The van der Waals surface area contributed by atoms with Gasteiger partial charge in [-0.2, -0.15) is 20.4 Å². The number of anilines is 1. The first-order chi connectivity index (χ1) is 57.6. The molecule has 0 radical (unpaired) electrons. The highest BCUT2D eigenvalue weighted by atomic mass is 16.3. The molecule has 4 fully saturated rings. The molecule has 16 aromatic rings. The van der Waals surface area contributed by atoms with Crippen LogP contribution in [0.25, 0.3) is 106 Å². The van der Waals surface area contributed by atoms with E-state index in [1.807, 2.05) is 151 Å². The van der Waals surface area contributed by atoms with Crippen LogP contribution in [-0.2, 0) is 21.1 Å². The molecule has 0 aliphatic carbocycles.